The predicted octanol–water partition coefficient (Wildman–Crippen LogP) is 3.65. The first-order valence-corrected chi connectivity index (χ1v) is 6.56. The Bertz CT molecular complexity index is 566. The van der Waals surface area contributed by atoms with E-state index in [-0.39, 0.29) is 5.41 Å². The Morgan fingerprint density at radius 2 is 1.89 bits per heavy atom. The molecule has 4 nitrogen and oxygen atoms in total. The first-order valence-electron chi connectivity index (χ1n) is 5.39. The van der Waals surface area contributed by atoms with Crippen LogP contribution in [-0.4, -0.2) is 19.9 Å². The van der Waals surface area contributed by atoms with Crippen LogP contribution in [0.15, 0.2) is 23.1 Å². The van der Waals surface area contributed by atoms with Crippen molar-refractivity contribution in [1.29, 1.82) is 0 Å². The van der Waals surface area contributed by atoms with E-state index in [9.17, 15) is 0 Å². The summed E-state index contributed by atoms with van der Waals surface area (Å²) in [5, 5.41) is 0.385. The van der Waals surface area contributed by atoms with Crippen LogP contribution in [0, 0.1) is 0 Å². The zero-order chi connectivity index (χ0) is 13.3. The van der Waals surface area contributed by atoms with Crippen LogP contribution in [0.2, 0.25) is 5.15 Å². The van der Waals surface area contributed by atoms with Gasteiger partial charge in [0.25, 0.3) is 0 Å². The molecule has 0 aliphatic heterocycles. The molecule has 94 valence electrons. The van der Waals surface area contributed by atoms with Crippen LogP contribution in [0.25, 0.3) is 11.5 Å². The molecule has 0 aromatic carbocycles. The summed E-state index contributed by atoms with van der Waals surface area (Å²) < 4.78 is 0.726. The number of hydrogen-bond donors (Lipinski definition) is 0. The van der Waals surface area contributed by atoms with E-state index in [4.69, 9.17) is 11.6 Å². The van der Waals surface area contributed by atoms with Gasteiger partial charge >= 0.3 is 0 Å². The Morgan fingerprint density at radius 1 is 1.17 bits per heavy atom. The maximum absolute atomic E-state index is 6.13. The zero-order valence-corrected chi connectivity index (χ0v) is 12.6. The maximum Gasteiger partial charge on any atom is 0.181 e. The van der Waals surface area contributed by atoms with Gasteiger partial charge in [-0.05, 0) is 15.9 Å². The second-order valence-electron chi connectivity index (χ2n) is 4.84. The molecule has 2 rings (SSSR count). The van der Waals surface area contributed by atoms with E-state index in [0.717, 1.165) is 10.2 Å². The summed E-state index contributed by atoms with van der Waals surface area (Å²) in [5.74, 6) is 0.487. The van der Waals surface area contributed by atoms with Crippen molar-refractivity contribution < 1.29 is 0 Å². The largest absolute Gasteiger partial charge is 0.261 e. The lowest BCUT2D eigenvalue weighted by Crippen LogP contribution is -2.16. The molecule has 0 atom stereocenters. The topological polar surface area (TPSA) is 51.6 Å². The third-order valence-electron chi connectivity index (χ3n) is 2.31. The average Bonchev–Trinajstić information content (AvgIpc) is 2.32. The smallest absolute Gasteiger partial charge is 0.181 e. The van der Waals surface area contributed by atoms with Crippen molar-refractivity contribution in [2.75, 3.05) is 0 Å². The third-order valence-corrected chi connectivity index (χ3v) is 3.57. The molecule has 0 unspecified atom stereocenters. The highest BCUT2D eigenvalue weighted by Gasteiger charge is 2.23. The summed E-state index contributed by atoms with van der Waals surface area (Å²) in [6, 6.07) is 0. The minimum atomic E-state index is -0.137. The van der Waals surface area contributed by atoms with Crippen molar-refractivity contribution in [2.24, 2.45) is 0 Å². The molecule has 0 amide bonds. The number of aromatic nitrogens is 4. The number of rotatable bonds is 1. The summed E-state index contributed by atoms with van der Waals surface area (Å²) in [5.41, 5.74) is 1.32. The number of halogens is 2. The van der Waals surface area contributed by atoms with Gasteiger partial charge in [-0.25, -0.2) is 15.0 Å². The van der Waals surface area contributed by atoms with Crippen LogP contribution in [0.1, 0.15) is 26.5 Å². The van der Waals surface area contributed by atoms with E-state index in [1.165, 1.54) is 0 Å². The molecule has 0 saturated carbocycles. The van der Waals surface area contributed by atoms with Crippen molar-refractivity contribution >= 4 is 27.5 Å². The number of hydrogen-bond acceptors (Lipinski definition) is 4. The van der Waals surface area contributed by atoms with Gasteiger partial charge in [0.1, 0.15) is 10.8 Å². The third kappa shape index (κ3) is 2.67. The lowest BCUT2D eigenvalue weighted by Gasteiger charge is -2.20. The lowest BCUT2D eigenvalue weighted by atomic mass is 9.92. The molecule has 0 saturated heterocycles. The van der Waals surface area contributed by atoms with Gasteiger partial charge in [0.05, 0.1) is 16.4 Å². The van der Waals surface area contributed by atoms with E-state index in [1.807, 2.05) is 0 Å². The SMILES string of the molecule is CC(C)(C)c1nc(-c2cnccn2)nc(Cl)c1Br. The fourth-order valence-corrected chi connectivity index (χ4v) is 2.39. The van der Waals surface area contributed by atoms with Crippen LogP contribution >= 0.6 is 27.5 Å². The van der Waals surface area contributed by atoms with Crippen LogP contribution in [0.4, 0.5) is 0 Å². The molecule has 0 spiro atoms. The second kappa shape index (κ2) is 4.90. The highest BCUT2D eigenvalue weighted by molar-refractivity contribution is 9.10. The first-order chi connectivity index (χ1) is 8.39. The van der Waals surface area contributed by atoms with Gasteiger partial charge in [0, 0.05) is 17.8 Å². The predicted molar refractivity (Wildman–Crippen MR) is 74.5 cm³/mol. The Kier molecular flexibility index (Phi) is 3.64. The van der Waals surface area contributed by atoms with Gasteiger partial charge in [-0.3, -0.25) is 4.98 Å². The molecule has 0 aliphatic rings. The second-order valence-corrected chi connectivity index (χ2v) is 5.99. The molecule has 0 bridgehead atoms. The normalized spacial score (nSPS) is 11.6. The quantitative estimate of drug-likeness (QED) is 0.750. The van der Waals surface area contributed by atoms with Crippen molar-refractivity contribution in [3.63, 3.8) is 0 Å². The molecular formula is C12H12BrClN4. The van der Waals surface area contributed by atoms with E-state index in [2.05, 4.69) is 56.6 Å². The van der Waals surface area contributed by atoms with Gasteiger partial charge < -0.3 is 0 Å². The van der Waals surface area contributed by atoms with Gasteiger partial charge in [-0.2, -0.15) is 0 Å². The van der Waals surface area contributed by atoms with Crippen LogP contribution in [0.5, 0.6) is 0 Å². The van der Waals surface area contributed by atoms with Crippen molar-refractivity contribution in [2.45, 2.75) is 26.2 Å². The molecule has 0 fully saturated rings. The zero-order valence-electron chi connectivity index (χ0n) is 10.3. The van der Waals surface area contributed by atoms with Crippen LogP contribution < -0.4 is 0 Å². The standard InChI is InChI=1S/C12H12BrClN4/c1-12(2,3)9-8(13)10(14)18-11(17-9)7-6-15-4-5-16-7/h4-6H,1-3H3. The minimum absolute atomic E-state index is 0.137. The fourth-order valence-electron chi connectivity index (χ4n) is 1.45. The molecule has 18 heavy (non-hydrogen) atoms. The summed E-state index contributed by atoms with van der Waals surface area (Å²) in [4.78, 5) is 16.9. The maximum atomic E-state index is 6.13. The van der Waals surface area contributed by atoms with Crippen molar-refractivity contribution in [3.8, 4) is 11.5 Å². The summed E-state index contributed by atoms with van der Waals surface area (Å²) >= 11 is 9.56. The van der Waals surface area contributed by atoms with Crippen molar-refractivity contribution in [3.05, 3.63) is 33.9 Å². The number of nitrogens with zero attached hydrogens (tertiary/aromatic N) is 4. The Balaban J connectivity index is 2.62. The fraction of sp³-hybridized carbons (Fsp3) is 0.333. The van der Waals surface area contributed by atoms with E-state index < -0.39 is 0 Å². The Labute approximate surface area is 119 Å². The Morgan fingerprint density at radius 3 is 2.44 bits per heavy atom. The molecule has 2 aromatic rings. The van der Waals surface area contributed by atoms with Gasteiger partial charge in [-0.1, -0.05) is 32.4 Å². The van der Waals surface area contributed by atoms with Crippen LogP contribution in [-0.2, 0) is 5.41 Å². The van der Waals surface area contributed by atoms with Crippen molar-refractivity contribution in [1.82, 2.24) is 19.9 Å². The average molecular weight is 328 g/mol. The molecular weight excluding hydrogens is 316 g/mol. The monoisotopic (exact) mass is 326 g/mol. The van der Waals surface area contributed by atoms with Crippen LogP contribution in [0.3, 0.4) is 0 Å². The lowest BCUT2D eigenvalue weighted by molar-refractivity contribution is 0.564. The minimum Gasteiger partial charge on any atom is -0.261 e. The molecule has 0 aliphatic carbocycles. The Hall–Kier alpha value is -1.07. The molecule has 2 heterocycles. The molecule has 0 radical (unpaired) electrons. The van der Waals surface area contributed by atoms with E-state index in [0.29, 0.717) is 16.7 Å². The summed E-state index contributed by atoms with van der Waals surface area (Å²) in [7, 11) is 0. The van der Waals surface area contributed by atoms with E-state index in [1.54, 1.807) is 18.6 Å². The summed E-state index contributed by atoms with van der Waals surface area (Å²) in [6.45, 7) is 6.20. The highest BCUT2D eigenvalue weighted by atomic mass is 79.9. The molecule has 2 aromatic heterocycles. The van der Waals surface area contributed by atoms with E-state index >= 15 is 0 Å². The van der Waals surface area contributed by atoms with Gasteiger partial charge in [0.15, 0.2) is 5.82 Å². The van der Waals surface area contributed by atoms with Gasteiger partial charge in [-0.15, -0.1) is 0 Å². The summed E-state index contributed by atoms with van der Waals surface area (Å²) in [6.07, 6.45) is 4.83. The highest BCUT2D eigenvalue weighted by Crippen LogP contribution is 2.33. The molecule has 6 heteroatoms. The van der Waals surface area contributed by atoms with Gasteiger partial charge in [0.2, 0.25) is 0 Å². The first kappa shape index (κ1) is 13.4. The molecule has 0 N–H and O–H groups in total.